The molecule has 0 amide bonds. The average Bonchev–Trinajstić information content (AvgIpc) is 2.32. The van der Waals surface area contributed by atoms with Crippen molar-refractivity contribution >= 4 is 0 Å². The van der Waals surface area contributed by atoms with Crippen LogP contribution in [0.4, 0.5) is 0 Å². The van der Waals surface area contributed by atoms with Gasteiger partial charge in [-0.15, -0.1) is 0 Å². The summed E-state index contributed by atoms with van der Waals surface area (Å²) in [6.07, 6.45) is 1.88. The topological polar surface area (TPSA) is 25.8 Å². The predicted molar refractivity (Wildman–Crippen MR) is 75.6 cm³/mol. The summed E-state index contributed by atoms with van der Waals surface area (Å²) < 4.78 is 0. The molecule has 0 atom stereocenters. The molecule has 0 N–H and O–H groups in total. The fraction of sp³-hybridized carbons (Fsp3) is 0.375. The van der Waals surface area contributed by atoms with E-state index >= 15 is 0 Å². The maximum Gasteiger partial charge on any atom is 0.159 e. The normalized spacial score (nSPS) is 11.6. The van der Waals surface area contributed by atoms with Crippen LogP contribution < -0.4 is 0 Å². The van der Waals surface area contributed by atoms with Crippen molar-refractivity contribution in [2.75, 3.05) is 0 Å². The van der Waals surface area contributed by atoms with Gasteiger partial charge in [0.1, 0.15) is 0 Å². The second-order valence-electron chi connectivity index (χ2n) is 5.79. The number of aryl methyl sites for hydroxylation is 2. The van der Waals surface area contributed by atoms with E-state index in [2.05, 4.69) is 55.0 Å². The highest BCUT2D eigenvalue weighted by molar-refractivity contribution is 5.56. The van der Waals surface area contributed by atoms with E-state index in [1.165, 1.54) is 5.56 Å². The molecule has 0 bridgehead atoms. The maximum absolute atomic E-state index is 4.52. The number of hydrogen-bond donors (Lipinski definition) is 0. The molecule has 0 unspecified atom stereocenters. The van der Waals surface area contributed by atoms with E-state index in [0.29, 0.717) is 0 Å². The highest BCUT2D eigenvalue weighted by Crippen LogP contribution is 2.24. The van der Waals surface area contributed by atoms with Crippen LogP contribution in [0.25, 0.3) is 11.4 Å². The first kappa shape index (κ1) is 12.7. The van der Waals surface area contributed by atoms with E-state index in [1.54, 1.807) is 0 Å². The Morgan fingerprint density at radius 3 is 2.06 bits per heavy atom. The zero-order valence-electron chi connectivity index (χ0n) is 11.8. The van der Waals surface area contributed by atoms with E-state index in [-0.39, 0.29) is 5.41 Å². The molecule has 2 rings (SSSR count). The Bertz CT molecular complexity index is 548. The van der Waals surface area contributed by atoms with E-state index in [0.717, 1.165) is 22.6 Å². The zero-order chi connectivity index (χ0) is 13.3. The van der Waals surface area contributed by atoms with Crippen molar-refractivity contribution < 1.29 is 0 Å². The molecule has 1 heterocycles. The molecular formula is C16H20N2. The van der Waals surface area contributed by atoms with Gasteiger partial charge in [0.25, 0.3) is 0 Å². The van der Waals surface area contributed by atoms with Crippen molar-refractivity contribution in [3.8, 4) is 11.4 Å². The summed E-state index contributed by atoms with van der Waals surface area (Å²) in [7, 11) is 0. The standard InChI is InChI=1S/C16H20N2/c1-11-10-17-15(18-12(11)2)13-6-8-14(9-7-13)16(3,4)5/h6-10H,1-5H3. The smallest absolute Gasteiger partial charge is 0.159 e. The van der Waals surface area contributed by atoms with Crippen LogP contribution in [-0.4, -0.2) is 9.97 Å². The minimum absolute atomic E-state index is 0.183. The fourth-order valence-electron chi connectivity index (χ4n) is 1.79. The molecule has 0 fully saturated rings. The van der Waals surface area contributed by atoms with E-state index in [4.69, 9.17) is 0 Å². The molecule has 0 aliphatic rings. The van der Waals surface area contributed by atoms with Gasteiger partial charge in [0.2, 0.25) is 0 Å². The lowest BCUT2D eigenvalue weighted by Gasteiger charge is -2.19. The Hall–Kier alpha value is -1.70. The lowest BCUT2D eigenvalue weighted by molar-refractivity contribution is 0.590. The van der Waals surface area contributed by atoms with Crippen molar-refractivity contribution in [1.29, 1.82) is 0 Å². The Morgan fingerprint density at radius 2 is 1.56 bits per heavy atom. The van der Waals surface area contributed by atoms with E-state index in [1.807, 2.05) is 20.0 Å². The van der Waals surface area contributed by atoms with Crippen LogP contribution in [0.2, 0.25) is 0 Å². The van der Waals surface area contributed by atoms with Crippen molar-refractivity contribution in [3.05, 3.63) is 47.3 Å². The second-order valence-corrected chi connectivity index (χ2v) is 5.79. The molecule has 0 aliphatic carbocycles. The number of hydrogen-bond acceptors (Lipinski definition) is 2. The first-order valence-electron chi connectivity index (χ1n) is 6.29. The van der Waals surface area contributed by atoms with Crippen LogP contribution in [0.1, 0.15) is 37.6 Å². The molecule has 2 heteroatoms. The van der Waals surface area contributed by atoms with Crippen LogP contribution >= 0.6 is 0 Å². The van der Waals surface area contributed by atoms with Gasteiger partial charge in [0.15, 0.2) is 5.82 Å². The Balaban J connectivity index is 2.37. The summed E-state index contributed by atoms with van der Waals surface area (Å²) >= 11 is 0. The molecule has 94 valence electrons. The fourth-order valence-corrected chi connectivity index (χ4v) is 1.79. The molecule has 1 aromatic carbocycles. The third kappa shape index (κ3) is 2.58. The molecule has 0 spiro atoms. The van der Waals surface area contributed by atoms with Gasteiger partial charge in [-0.3, -0.25) is 0 Å². The number of nitrogens with zero attached hydrogens (tertiary/aromatic N) is 2. The summed E-state index contributed by atoms with van der Waals surface area (Å²) in [6, 6.07) is 8.52. The minimum Gasteiger partial charge on any atom is -0.236 e. The summed E-state index contributed by atoms with van der Waals surface area (Å²) in [5.74, 6) is 0.804. The lowest BCUT2D eigenvalue weighted by Crippen LogP contribution is -2.10. The van der Waals surface area contributed by atoms with Gasteiger partial charge < -0.3 is 0 Å². The molecule has 2 nitrogen and oxygen atoms in total. The third-order valence-corrected chi connectivity index (χ3v) is 3.23. The molecule has 2 aromatic rings. The predicted octanol–water partition coefficient (Wildman–Crippen LogP) is 4.06. The molecule has 1 aromatic heterocycles. The Labute approximate surface area is 109 Å². The monoisotopic (exact) mass is 240 g/mol. The molecule has 18 heavy (non-hydrogen) atoms. The van der Waals surface area contributed by atoms with Gasteiger partial charge in [0, 0.05) is 17.5 Å². The SMILES string of the molecule is Cc1cnc(-c2ccc(C(C)(C)C)cc2)nc1C. The van der Waals surface area contributed by atoms with Crippen molar-refractivity contribution in [2.24, 2.45) is 0 Å². The summed E-state index contributed by atoms with van der Waals surface area (Å²) in [5.41, 5.74) is 4.76. The Morgan fingerprint density at radius 1 is 0.944 bits per heavy atom. The van der Waals surface area contributed by atoms with Crippen LogP contribution in [-0.2, 0) is 5.41 Å². The number of benzene rings is 1. The third-order valence-electron chi connectivity index (χ3n) is 3.23. The Kier molecular flexibility index (Phi) is 3.20. The van der Waals surface area contributed by atoms with Crippen LogP contribution in [0.3, 0.4) is 0 Å². The molecule has 0 saturated heterocycles. The maximum atomic E-state index is 4.52. The van der Waals surface area contributed by atoms with Gasteiger partial charge in [-0.05, 0) is 30.4 Å². The zero-order valence-corrected chi connectivity index (χ0v) is 11.8. The van der Waals surface area contributed by atoms with Gasteiger partial charge >= 0.3 is 0 Å². The minimum atomic E-state index is 0.183. The number of aromatic nitrogens is 2. The molecule has 0 radical (unpaired) electrons. The van der Waals surface area contributed by atoms with Crippen molar-refractivity contribution in [2.45, 2.75) is 40.0 Å². The summed E-state index contributed by atoms with van der Waals surface area (Å²) in [5, 5.41) is 0. The second kappa shape index (κ2) is 4.52. The van der Waals surface area contributed by atoms with Crippen molar-refractivity contribution in [1.82, 2.24) is 9.97 Å². The first-order chi connectivity index (χ1) is 8.38. The summed E-state index contributed by atoms with van der Waals surface area (Å²) in [6.45, 7) is 10.7. The van der Waals surface area contributed by atoms with Crippen LogP contribution in [0.15, 0.2) is 30.5 Å². The van der Waals surface area contributed by atoms with Gasteiger partial charge in [-0.25, -0.2) is 9.97 Å². The largest absolute Gasteiger partial charge is 0.236 e. The molecule has 0 aliphatic heterocycles. The molecule has 0 saturated carbocycles. The number of rotatable bonds is 1. The van der Waals surface area contributed by atoms with Gasteiger partial charge in [0.05, 0.1) is 0 Å². The van der Waals surface area contributed by atoms with E-state index in [9.17, 15) is 0 Å². The van der Waals surface area contributed by atoms with E-state index < -0.39 is 0 Å². The van der Waals surface area contributed by atoms with Gasteiger partial charge in [-0.1, -0.05) is 45.0 Å². The highest BCUT2D eigenvalue weighted by Gasteiger charge is 2.13. The quantitative estimate of drug-likeness (QED) is 0.751. The first-order valence-corrected chi connectivity index (χ1v) is 6.29. The average molecular weight is 240 g/mol. The van der Waals surface area contributed by atoms with Crippen LogP contribution in [0.5, 0.6) is 0 Å². The summed E-state index contributed by atoms with van der Waals surface area (Å²) in [4.78, 5) is 8.91. The highest BCUT2D eigenvalue weighted by atomic mass is 14.9. The van der Waals surface area contributed by atoms with Crippen molar-refractivity contribution in [3.63, 3.8) is 0 Å². The van der Waals surface area contributed by atoms with Crippen LogP contribution in [0, 0.1) is 13.8 Å². The molecular weight excluding hydrogens is 220 g/mol. The lowest BCUT2D eigenvalue weighted by atomic mass is 9.87. The van der Waals surface area contributed by atoms with Gasteiger partial charge in [-0.2, -0.15) is 0 Å².